The molecule has 0 bridgehead atoms. The molecule has 0 aromatic carbocycles. The summed E-state index contributed by atoms with van der Waals surface area (Å²) in [6.45, 7) is 3.85. The fourth-order valence-corrected chi connectivity index (χ4v) is 3.86. The molecule has 3 rings (SSSR count). The lowest BCUT2D eigenvalue weighted by atomic mass is 9.90. The van der Waals surface area contributed by atoms with Gasteiger partial charge in [-0.25, -0.2) is 4.79 Å². The van der Waals surface area contributed by atoms with Gasteiger partial charge in [-0.3, -0.25) is 4.79 Å². The van der Waals surface area contributed by atoms with Gasteiger partial charge >= 0.3 is 5.97 Å². The average Bonchev–Trinajstić information content (AvgIpc) is 3.30. The van der Waals surface area contributed by atoms with Crippen LogP contribution in [0, 0.1) is 5.41 Å². The maximum absolute atomic E-state index is 12.1. The molecule has 2 heterocycles. The normalized spacial score (nSPS) is 29.3. The van der Waals surface area contributed by atoms with E-state index in [0.717, 1.165) is 25.8 Å². The summed E-state index contributed by atoms with van der Waals surface area (Å²) in [4.78, 5) is 27.4. The minimum absolute atomic E-state index is 0.0852. The Morgan fingerprint density at radius 1 is 1.30 bits per heavy atom. The number of carbonyl (C=O) groups excluding carboxylic acids is 1. The van der Waals surface area contributed by atoms with Crippen LogP contribution in [-0.4, -0.2) is 83.3 Å². The highest BCUT2D eigenvalue weighted by Gasteiger charge is 2.51. The molecule has 7 heteroatoms. The van der Waals surface area contributed by atoms with Crippen LogP contribution >= 0.6 is 0 Å². The number of carboxylic acid groups (broad SMARTS) is 1. The second-order valence-corrected chi connectivity index (χ2v) is 7.16. The van der Waals surface area contributed by atoms with Crippen LogP contribution in [0.5, 0.6) is 0 Å². The molecule has 0 aromatic rings. The van der Waals surface area contributed by atoms with Gasteiger partial charge in [-0.2, -0.15) is 0 Å². The lowest BCUT2D eigenvalue weighted by Crippen LogP contribution is -2.50. The van der Waals surface area contributed by atoms with Crippen LogP contribution in [0.15, 0.2) is 0 Å². The molecule has 1 saturated carbocycles. The third kappa shape index (κ3) is 3.67. The number of nitrogens with one attached hydrogen (secondary N) is 1. The quantitative estimate of drug-likeness (QED) is 0.631. The molecule has 1 aliphatic carbocycles. The Bertz CT molecular complexity index is 466. The maximum atomic E-state index is 12.1. The van der Waals surface area contributed by atoms with Crippen LogP contribution < -0.4 is 5.32 Å². The number of rotatable bonds is 5. The molecular formula is C16H27N3O4. The number of aliphatic hydroxyl groups excluding tert-OH is 1. The van der Waals surface area contributed by atoms with Gasteiger partial charge in [0.25, 0.3) is 0 Å². The Labute approximate surface area is 136 Å². The Morgan fingerprint density at radius 3 is 2.74 bits per heavy atom. The molecule has 7 nitrogen and oxygen atoms in total. The summed E-state index contributed by atoms with van der Waals surface area (Å²) in [7, 11) is 0. The van der Waals surface area contributed by atoms with Crippen molar-refractivity contribution in [1.29, 1.82) is 0 Å². The number of carbonyl (C=O) groups is 2. The van der Waals surface area contributed by atoms with E-state index in [2.05, 4.69) is 10.2 Å². The molecule has 3 aliphatic rings. The number of β-amino-alcohol motifs (C(OH)–C–C–N with tert-alkyl or cyclic N) is 1. The van der Waals surface area contributed by atoms with E-state index in [4.69, 9.17) is 0 Å². The summed E-state index contributed by atoms with van der Waals surface area (Å²) in [5, 5.41) is 22.9. The van der Waals surface area contributed by atoms with E-state index in [0.29, 0.717) is 45.6 Å². The summed E-state index contributed by atoms with van der Waals surface area (Å²) in [6.07, 6.45) is 3.72. The van der Waals surface area contributed by atoms with Crippen molar-refractivity contribution in [1.82, 2.24) is 15.1 Å². The van der Waals surface area contributed by atoms with Crippen molar-refractivity contribution in [3.63, 3.8) is 0 Å². The highest BCUT2D eigenvalue weighted by Crippen LogP contribution is 2.53. The Hall–Kier alpha value is -1.18. The summed E-state index contributed by atoms with van der Waals surface area (Å²) >= 11 is 0. The summed E-state index contributed by atoms with van der Waals surface area (Å²) < 4.78 is 0. The average molecular weight is 325 g/mol. The highest BCUT2D eigenvalue weighted by molar-refractivity contribution is 5.84. The second-order valence-electron chi connectivity index (χ2n) is 7.16. The van der Waals surface area contributed by atoms with E-state index in [1.807, 2.05) is 0 Å². The molecule has 2 saturated heterocycles. The fourth-order valence-electron chi connectivity index (χ4n) is 3.86. The molecule has 2 aliphatic heterocycles. The van der Waals surface area contributed by atoms with Crippen molar-refractivity contribution in [2.75, 3.05) is 39.3 Å². The van der Waals surface area contributed by atoms with Crippen molar-refractivity contribution in [2.24, 2.45) is 5.41 Å². The van der Waals surface area contributed by atoms with Gasteiger partial charge in [0.2, 0.25) is 5.91 Å². The largest absolute Gasteiger partial charge is 0.480 e. The Balaban J connectivity index is 1.55. The fraction of sp³-hybridized carbons (Fsp3) is 0.875. The minimum atomic E-state index is -0.934. The molecule has 0 radical (unpaired) electrons. The number of piperidine rings is 1. The highest BCUT2D eigenvalue weighted by atomic mass is 16.4. The SMILES string of the molecule is O=C(O)C(CCN1CCC2(CC2)[C@H](O)C1)N1CCNCCC1=O. The first-order valence-electron chi connectivity index (χ1n) is 8.65. The molecule has 3 N–H and O–H groups in total. The van der Waals surface area contributed by atoms with Crippen molar-refractivity contribution in [2.45, 2.75) is 44.2 Å². The molecule has 23 heavy (non-hydrogen) atoms. The molecular weight excluding hydrogens is 298 g/mol. The first-order valence-corrected chi connectivity index (χ1v) is 8.65. The summed E-state index contributed by atoms with van der Waals surface area (Å²) in [5.41, 5.74) is 0.162. The molecule has 1 spiro atoms. The van der Waals surface area contributed by atoms with Crippen LogP contribution in [0.4, 0.5) is 0 Å². The number of hydrogen-bond acceptors (Lipinski definition) is 5. The van der Waals surface area contributed by atoms with E-state index in [1.165, 1.54) is 4.90 Å². The van der Waals surface area contributed by atoms with Gasteiger partial charge in [-0.15, -0.1) is 0 Å². The third-order valence-electron chi connectivity index (χ3n) is 5.70. The molecule has 130 valence electrons. The van der Waals surface area contributed by atoms with Gasteiger partial charge in [0.05, 0.1) is 6.10 Å². The minimum Gasteiger partial charge on any atom is -0.480 e. The summed E-state index contributed by atoms with van der Waals surface area (Å²) in [6, 6.07) is -0.767. The van der Waals surface area contributed by atoms with E-state index in [1.54, 1.807) is 0 Å². The standard InChI is InChI=1S/C16H27N3O4/c20-13-11-18(9-5-16(13)3-4-16)8-2-12(15(22)23)19-10-7-17-6-1-14(19)21/h12-13,17,20H,1-11H2,(H,22,23)/t12?,13-/m1/s1. The van der Waals surface area contributed by atoms with Crippen LogP contribution in [0.25, 0.3) is 0 Å². The molecule has 1 unspecified atom stereocenters. The first kappa shape index (κ1) is 16.7. The number of aliphatic carboxylic acids is 1. The predicted octanol–water partition coefficient (Wildman–Crippen LogP) is -0.502. The van der Waals surface area contributed by atoms with Crippen LogP contribution in [-0.2, 0) is 9.59 Å². The number of carboxylic acids is 1. The van der Waals surface area contributed by atoms with Crippen LogP contribution in [0.1, 0.15) is 32.1 Å². The van der Waals surface area contributed by atoms with Crippen molar-refractivity contribution >= 4 is 11.9 Å². The van der Waals surface area contributed by atoms with Crippen molar-refractivity contribution in [3.8, 4) is 0 Å². The monoisotopic (exact) mass is 325 g/mol. The zero-order valence-electron chi connectivity index (χ0n) is 13.5. The predicted molar refractivity (Wildman–Crippen MR) is 84.0 cm³/mol. The molecule has 0 aromatic heterocycles. The van der Waals surface area contributed by atoms with Gasteiger partial charge in [-0.1, -0.05) is 0 Å². The van der Waals surface area contributed by atoms with Gasteiger partial charge < -0.3 is 25.3 Å². The van der Waals surface area contributed by atoms with E-state index >= 15 is 0 Å². The smallest absolute Gasteiger partial charge is 0.326 e. The number of hydrogen-bond donors (Lipinski definition) is 3. The molecule has 3 fully saturated rings. The molecule has 2 atom stereocenters. The van der Waals surface area contributed by atoms with Crippen LogP contribution in [0.2, 0.25) is 0 Å². The van der Waals surface area contributed by atoms with Gasteiger partial charge in [0, 0.05) is 39.1 Å². The second kappa shape index (κ2) is 6.75. The Kier molecular flexibility index (Phi) is 4.89. The number of nitrogens with zero attached hydrogens (tertiary/aromatic N) is 2. The lowest BCUT2D eigenvalue weighted by Gasteiger charge is -2.37. The van der Waals surface area contributed by atoms with Gasteiger partial charge in [0.1, 0.15) is 6.04 Å². The van der Waals surface area contributed by atoms with Gasteiger partial charge in [0.15, 0.2) is 0 Å². The van der Waals surface area contributed by atoms with E-state index < -0.39 is 12.0 Å². The van der Waals surface area contributed by atoms with Crippen molar-refractivity contribution < 1.29 is 19.8 Å². The zero-order valence-corrected chi connectivity index (χ0v) is 13.5. The van der Waals surface area contributed by atoms with E-state index in [-0.39, 0.29) is 17.4 Å². The van der Waals surface area contributed by atoms with Crippen LogP contribution in [0.3, 0.4) is 0 Å². The number of likely N-dealkylation sites (tertiary alicyclic amines) is 1. The first-order chi connectivity index (χ1) is 11.0. The zero-order chi connectivity index (χ0) is 16.4. The summed E-state index contributed by atoms with van der Waals surface area (Å²) in [5.74, 6) is -1.02. The number of aliphatic hydroxyl groups is 1. The topological polar surface area (TPSA) is 93.1 Å². The van der Waals surface area contributed by atoms with Crippen molar-refractivity contribution in [3.05, 3.63) is 0 Å². The third-order valence-corrected chi connectivity index (χ3v) is 5.70. The molecule has 1 amide bonds. The van der Waals surface area contributed by atoms with E-state index in [9.17, 15) is 19.8 Å². The maximum Gasteiger partial charge on any atom is 0.326 e. The number of amides is 1. The Morgan fingerprint density at radius 2 is 2.09 bits per heavy atom. The lowest BCUT2D eigenvalue weighted by molar-refractivity contribution is -0.150. The van der Waals surface area contributed by atoms with Gasteiger partial charge in [-0.05, 0) is 37.6 Å².